The lowest BCUT2D eigenvalue weighted by molar-refractivity contribution is -0.00112. The average Bonchev–Trinajstić information content (AvgIpc) is 2.70. The normalized spacial score (nSPS) is 23.6. The van der Waals surface area contributed by atoms with Gasteiger partial charge in [0.1, 0.15) is 18.1 Å². The maximum atomic E-state index is 14.0. The van der Waals surface area contributed by atoms with Gasteiger partial charge in [0.25, 0.3) is 0 Å². The van der Waals surface area contributed by atoms with E-state index in [1.807, 2.05) is 24.3 Å². The molecule has 0 N–H and O–H groups in total. The number of benzene rings is 1. The number of hydrogen-bond acceptors (Lipinski definition) is 3. The highest BCUT2D eigenvalue weighted by Gasteiger charge is 2.24. The van der Waals surface area contributed by atoms with Crippen LogP contribution < -0.4 is 4.74 Å². The van der Waals surface area contributed by atoms with Crippen molar-refractivity contribution in [3.05, 3.63) is 52.8 Å². The average molecular weight is 378 g/mol. The lowest BCUT2D eigenvalue weighted by atomic mass is 9.90. The molecule has 27 heavy (non-hydrogen) atoms. The van der Waals surface area contributed by atoms with Gasteiger partial charge in [0.05, 0.1) is 19.8 Å². The van der Waals surface area contributed by atoms with Crippen LogP contribution in [0.25, 0.3) is 0 Å². The van der Waals surface area contributed by atoms with Crippen molar-refractivity contribution in [3.63, 3.8) is 0 Å². The molecule has 3 nitrogen and oxygen atoms in total. The van der Waals surface area contributed by atoms with E-state index >= 15 is 0 Å². The molecule has 1 aliphatic carbocycles. The van der Waals surface area contributed by atoms with Gasteiger partial charge in [-0.15, -0.1) is 0 Å². The second kappa shape index (κ2) is 9.36. The number of ether oxygens (including phenoxy) is 3. The summed E-state index contributed by atoms with van der Waals surface area (Å²) in [7, 11) is 1.35. The predicted molar refractivity (Wildman–Crippen MR) is 101 cm³/mol. The maximum absolute atomic E-state index is 14.0. The van der Waals surface area contributed by atoms with Crippen molar-refractivity contribution in [2.75, 3.05) is 20.3 Å². The highest BCUT2D eigenvalue weighted by molar-refractivity contribution is 5.34. The first-order valence-corrected chi connectivity index (χ1v) is 9.77. The SMILES string of the molecule is CCCC1CCC(c2ccc(OCC3=C(F)C(F)=C(OC)CC3)cc2)CO1. The van der Waals surface area contributed by atoms with E-state index in [1.54, 1.807) is 0 Å². The van der Waals surface area contributed by atoms with Crippen LogP contribution in [-0.4, -0.2) is 26.4 Å². The van der Waals surface area contributed by atoms with Crippen LogP contribution in [0.4, 0.5) is 8.78 Å². The van der Waals surface area contributed by atoms with E-state index in [1.165, 1.54) is 12.7 Å². The minimum absolute atomic E-state index is 0.0425. The molecular formula is C22H28F2O3. The number of rotatable bonds is 7. The second-order valence-electron chi connectivity index (χ2n) is 7.23. The molecule has 1 aromatic rings. The Balaban J connectivity index is 1.54. The number of halogens is 2. The first-order valence-electron chi connectivity index (χ1n) is 9.77. The summed E-state index contributed by atoms with van der Waals surface area (Å²) in [6.07, 6.45) is 5.69. The van der Waals surface area contributed by atoms with Gasteiger partial charge in [-0.1, -0.05) is 25.5 Å². The fourth-order valence-electron chi connectivity index (χ4n) is 3.71. The van der Waals surface area contributed by atoms with Crippen LogP contribution in [0, 0.1) is 0 Å². The molecule has 2 aliphatic rings. The van der Waals surface area contributed by atoms with Crippen LogP contribution in [0.1, 0.15) is 56.9 Å². The molecule has 1 aliphatic heterocycles. The fourth-order valence-corrected chi connectivity index (χ4v) is 3.71. The van der Waals surface area contributed by atoms with Gasteiger partial charge in [-0.05, 0) is 43.4 Å². The molecule has 3 rings (SSSR count). The molecule has 1 heterocycles. The second-order valence-corrected chi connectivity index (χ2v) is 7.23. The Morgan fingerprint density at radius 1 is 1.07 bits per heavy atom. The zero-order valence-electron chi connectivity index (χ0n) is 16.1. The number of allylic oxidation sites excluding steroid dienone is 3. The van der Waals surface area contributed by atoms with Crippen molar-refractivity contribution < 1.29 is 23.0 Å². The molecule has 0 aromatic heterocycles. The summed E-state index contributed by atoms with van der Waals surface area (Å²) in [6, 6.07) is 7.86. The summed E-state index contributed by atoms with van der Waals surface area (Å²) < 4.78 is 44.3. The molecule has 0 bridgehead atoms. The van der Waals surface area contributed by atoms with Crippen molar-refractivity contribution in [2.24, 2.45) is 0 Å². The van der Waals surface area contributed by atoms with Crippen molar-refractivity contribution in [1.29, 1.82) is 0 Å². The summed E-state index contributed by atoms with van der Waals surface area (Å²) in [5.41, 5.74) is 1.57. The van der Waals surface area contributed by atoms with Gasteiger partial charge < -0.3 is 14.2 Å². The quantitative estimate of drug-likeness (QED) is 0.585. The predicted octanol–water partition coefficient (Wildman–Crippen LogP) is 5.97. The lowest BCUT2D eigenvalue weighted by Gasteiger charge is -2.29. The first-order chi connectivity index (χ1) is 13.1. The monoisotopic (exact) mass is 378 g/mol. The third kappa shape index (κ3) is 4.89. The van der Waals surface area contributed by atoms with Crippen molar-refractivity contribution in [2.45, 2.75) is 57.5 Å². The Morgan fingerprint density at radius 3 is 2.48 bits per heavy atom. The van der Waals surface area contributed by atoms with E-state index in [2.05, 4.69) is 6.92 Å². The highest BCUT2D eigenvalue weighted by atomic mass is 19.2. The largest absolute Gasteiger partial charge is 0.498 e. The smallest absolute Gasteiger partial charge is 0.196 e. The summed E-state index contributed by atoms with van der Waals surface area (Å²) in [4.78, 5) is 0. The zero-order chi connectivity index (χ0) is 19.2. The van der Waals surface area contributed by atoms with E-state index in [4.69, 9.17) is 14.2 Å². The standard InChI is InChI=1S/C22H28F2O3/c1-3-4-18-11-7-16(13-26-18)15-5-9-19(10-6-15)27-14-17-8-12-20(25-2)22(24)21(17)23/h5-6,9-10,16,18H,3-4,7-8,11-14H2,1-2H3. The van der Waals surface area contributed by atoms with Gasteiger partial charge in [0.15, 0.2) is 11.7 Å². The van der Waals surface area contributed by atoms with Gasteiger partial charge >= 0.3 is 0 Å². The Hall–Kier alpha value is -1.88. The van der Waals surface area contributed by atoms with E-state index < -0.39 is 11.7 Å². The van der Waals surface area contributed by atoms with Crippen molar-refractivity contribution in [1.82, 2.24) is 0 Å². The summed E-state index contributed by atoms with van der Waals surface area (Å²) in [5.74, 6) is -0.623. The topological polar surface area (TPSA) is 27.7 Å². The van der Waals surface area contributed by atoms with Crippen LogP contribution in [0.3, 0.4) is 0 Å². The first kappa shape index (κ1) is 19.9. The Kier molecular flexibility index (Phi) is 6.89. The van der Waals surface area contributed by atoms with Crippen LogP contribution in [-0.2, 0) is 9.47 Å². The molecule has 2 atom stereocenters. The van der Waals surface area contributed by atoms with E-state index in [-0.39, 0.29) is 12.4 Å². The van der Waals surface area contributed by atoms with Gasteiger partial charge in [0, 0.05) is 17.9 Å². The Morgan fingerprint density at radius 2 is 1.85 bits per heavy atom. The minimum atomic E-state index is -0.906. The third-order valence-electron chi connectivity index (χ3n) is 5.39. The van der Waals surface area contributed by atoms with Gasteiger partial charge in [0.2, 0.25) is 0 Å². The van der Waals surface area contributed by atoms with Gasteiger partial charge in [-0.3, -0.25) is 0 Å². The molecular weight excluding hydrogens is 350 g/mol. The fraction of sp³-hybridized carbons (Fsp3) is 0.545. The van der Waals surface area contributed by atoms with Crippen LogP contribution in [0.5, 0.6) is 5.75 Å². The molecule has 2 unspecified atom stereocenters. The Bertz CT molecular complexity index is 686. The molecule has 148 valence electrons. The van der Waals surface area contributed by atoms with Crippen molar-refractivity contribution in [3.8, 4) is 5.75 Å². The van der Waals surface area contributed by atoms with Gasteiger partial charge in [-0.2, -0.15) is 0 Å². The number of methoxy groups -OCH3 is 1. The molecule has 5 heteroatoms. The Labute approximate surface area is 160 Å². The summed E-state index contributed by atoms with van der Waals surface area (Å²) in [5, 5.41) is 0. The molecule has 1 saturated heterocycles. The lowest BCUT2D eigenvalue weighted by Crippen LogP contribution is -2.24. The van der Waals surface area contributed by atoms with Crippen molar-refractivity contribution >= 4 is 0 Å². The molecule has 0 amide bonds. The zero-order valence-corrected chi connectivity index (χ0v) is 16.1. The molecule has 0 spiro atoms. The van der Waals surface area contributed by atoms with Crippen LogP contribution >= 0.6 is 0 Å². The van der Waals surface area contributed by atoms with Crippen LogP contribution in [0.15, 0.2) is 47.3 Å². The molecule has 0 saturated carbocycles. The van der Waals surface area contributed by atoms with E-state index in [0.29, 0.717) is 36.2 Å². The molecule has 1 fully saturated rings. The van der Waals surface area contributed by atoms with Crippen LogP contribution in [0.2, 0.25) is 0 Å². The minimum Gasteiger partial charge on any atom is -0.498 e. The maximum Gasteiger partial charge on any atom is 0.196 e. The highest BCUT2D eigenvalue weighted by Crippen LogP contribution is 2.33. The summed E-state index contributed by atoms with van der Waals surface area (Å²) >= 11 is 0. The third-order valence-corrected chi connectivity index (χ3v) is 5.39. The van der Waals surface area contributed by atoms with E-state index in [0.717, 1.165) is 32.3 Å². The number of hydrogen-bond donors (Lipinski definition) is 0. The van der Waals surface area contributed by atoms with Gasteiger partial charge in [-0.25, -0.2) is 8.78 Å². The molecule has 1 aromatic carbocycles. The molecule has 0 radical (unpaired) electrons. The van der Waals surface area contributed by atoms with E-state index in [9.17, 15) is 8.78 Å². The summed E-state index contributed by atoms with van der Waals surface area (Å²) in [6.45, 7) is 2.99.